The Morgan fingerprint density at radius 1 is 1.23 bits per heavy atom. The number of aromatic nitrogens is 4. The maximum absolute atomic E-state index is 12.5. The quantitative estimate of drug-likeness (QED) is 0.180. The molecule has 7 nitrogen and oxygen atoms in total. The van der Waals surface area contributed by atoms with Crippen molar-refractivity contribution in [3.05, 3.63) is 81.9 Å². The third kappa shape index (κ3) is 6.64. The molecule has 0 atom stereocenters. The Kier molecular flexibility index (Phi) is 8.46. The number of hydrogen-bond donors (Lipinski definition) is 1. The predicted octanol–water partition coefficient (Wildman–Crippen LogP) is 6.51. The fraction of sp³-hybridized carbons (Fsp3) is 0.167. The molecule has 1 amide bonds. The number of ether oxygens (including phenoxy) is 1. The third-order valence-electron chi connectivity index (χ3n) is 4.79. The summed E-state index contributed by atoms with van der Waals surface area (Å²) in [5, 5.41) is 15.3. The van der Waals surface area contributed by atoms with Gasteiger partial charge < -0.3 is 10.1 Å². The van der Waals surface area contributed by atoms with Crippen LogP contribution >= 0.6 is 46.3 Å². The first-order valence-corrected chi connectivity index (χ1v) is 13.1. The SMILES string of the molecule is C=CCn1c(COc2cc(Cl)ccc2Cl)nnc1SCC(=O)Nc1nc(-c2ccc(C)cc2)cs1. The van der Waals surface area contributed by atoms with Crippen molar-refractivity contribution in [3.8, 4) is 17.0 Å². The number of aryl methyl sites for hydroxylation is 1. The van der Waals surface area contributed by atoms with Crippen LogP contribution < -0.4 is 10.1 Å². The molecule has 0 fully saturated rings. The summed E-state index contributed by atoms with van der Waals surface area (Å²) in [7, 11) is 0. The van der Waals surface area contributed by atoms with Crippen molar-refractivity contribution in [2.75, 3.05) is 11.1 Å². The van der Waals surface area contributed by atoms with Gasteiger partial charge in [-0.1, -0.05) is 70.9 Å². The van der Waals surface area contributed by atoms with Crippen molar-refractivity contribution < 1.29 is 9.53 Å². The number of allylic oxidation sites excluding steroid dienone is 1. The van der Waals surface area contributed by atoms with E-state index in [2.05, 4.69) is 27.1 Å². The fourth-order valence-corrected chi connectivity index (χ4v) is 4.89. The molecule has 1 N–H and O–H groups in total. The van der Waals surface area contributed by atoms with Crippen LogP contribution in [0.15, 0.2) is 65.7 Å². The van der Waals surface area contributed by atoms with Crippen LogP contribution in [0.25, 0.3) is 11.3 Å². The summed E-state index contributed by atoms with van der Waals surface area (Å²) in [6.45, 7) is 6.43. The van der Waals surface area contributed by atoms with Crippen LogP contribution in [-0.4, -0.2) is 31.4 Å². The van der Waals surface area contributed by atoms with Crippen LogP contribution in [0.5, 0.6) is 5.75 Å². The number of nitrogens with one attached hydrogen (secondary N) is 1. The third-order valence-corrected chi connectivity index (χ3v) is 7.06. The molecule has 2 aromatic carbocycles. The minimum atomic E-state index is -0.184. The minimum absolute atomic E-state index is 0.133. The van der Waals surface area contributed by atoms with Gasteiger partial charge in [0.1, 0.15) is 12.4 Å². The monoisotopic (exact) mass is 545 g/mol. The standard InChI is InChI=1S/C24H21Cl2N5O2S2/c1-3-10-31-21(12-33-20-11-17(25)8-9-18(20)26)29-30-24(31)35-14-22(32)28-23-27-19(13-34-23)16-6-4-15(2)5-7-16/h3-9,11,13H,1,10,12,14H2,2H3,(H,27,28,32). The van der Waals surface area contributed by atoms with Crippen LogP contribution in [0.4, 0.5) is 5.13 Å². The second kappa shape index (κ2) is 11.7. The lowest BCUT2D eigenvalue weighted by atomic mass is 10.1. The second-order valence-corrected chi connectivity index (χ2v) is 10.0. The van der Waals surface area contributed by atoms with E-state index in [1.165, 1.54) is 28.7 Å². The van der Waals surface area contributed by atoms with Crippen LogP contribution in [0.2, 0.25) is 10.0 Å². The Labute approximate surface area is 221 Å². The number of carbonyl (C=O) groups excluding carboxylic acids is 1. The van der Waals surface area contributed by atoms with Crippen molar-refractivity contribution >= 4 is 57.3 Å². The summed E-state index contributed by atoms with van der Waals surface area (Å²) >= 11 is 14.8. The first kappa shape index (κ1) is 25.2. The molecule has 0 aliphatic heterocycles. The van der Waals surface area contributed by atoms with Gasteiger partial charge in [0.25, 0.3) is 0 Å². The van der Waals surface area contributed by atoms with Crippen LogP contribution in [0.1, 0.15) is 11.4 Å². The van der Waals surface area contributed by atoms with E-state index in [4.69, 9.17) is 27.9 Å². The molecule has 2 aromatic heterocycles. The van der Waals surface area contributed by atoms with E-state index in [0.717, 1.165) is 11.3 Å². The number of halogens is 2. The number of hydrogen-bond acceptors (Lipinski definition) is 7. The first-order valence-electron chi connectivity index (χ1n) is 10.5. The van der Waals surface area contributed by atoms with Crippen molar-refractivity contribution in [1.82, 2.24) is 19.7 Å². The topological polar surface area (TPSA) is 81.9 Å². The Bertz CT molecular complexity index is 1340. The van der Waals surface area contributed by atoms with Gasteiger partial charge in [0.05, 0.1) is 16.5 Å². The number of rotatable bonds is 10. The molecule has 4 aromatic rings. The lowest BCUT2D eigenvalue weighted by molar-refractivity contribution is -0.113. The summed E-state index contributed by atoms with van der Waals surface area (Å²) in [5.74, 6) is 0.993. The van der Waals surface area contributed by atoms with E-state index in [-0.39, 0.29) is 18.3 Å². The maximum atomic E-state index is 12.5. The number of anilines is 1. The van der Waals surface area contributed by atoms with Crippen LogP contribution in [0, 0.1) is 6.92 Å². The van der Waals surface area contributed by atoms with Crippen molar-refractivity contribution in [3.63, 3.8) is 0 Å². The Morgan fingerprint density at radius 3 is 2.80 bits per heavy atom. The summed E-state index contributed by atoms with van der Waals surface area (Å²) < 4.78 is 7.62. The summed E-state index contributed by atoms with van der Waals surface area (Å²) in [6.07, 6.45) is 1.73. The molecular formula is C24H21Cl2N5O2S2. The molecule has 0 spiro atoms. The highest BCUT2D eigenvalue weighted by atomic mass is 35.5. The van der Waals surface area contributed by atoms with Gasteiger partial charge in [-0.2, -0.15) is 0 Å². The van der Waals surface area contributed by atoms with E-state index in [1.807, 2.05) is 41.1 Å². The zero-order chi connectivity index (χ0) is 24.8. The molecule has 180 valence electrons. The van der Waals surface area contributed by atoms with Gasteiger partial charge >= 0.3 is 0 Å². The van der Waals surface area contributed by atoms with E-state index >= 15 is 0 Å². The predicted molar refractivity (Wildman–Crippen MR) is 143 cm³/mol. The molecule has 0 aliphatic carbocycles. The molecule has 0 bridgehead atoms. The van der Waals surface area contributed by atoms with E-state index in [1.54, 1.807) is 24.3 Å². The van der Waals surface area contributed by atoms with Gasteiger partial charge in [-0.25, -0.2) is 4.98 Å². The van der Waals surface area contributed by atoms with E-state index < -0.39 is 0 Å². The highest BCUT2D eigenvalue weighted by molar-refractivity contribution is 7.99. The normalized spacial score (nSPS) is 10.8. The zero-order valence-electron chi connectivity index (χ0n) is 18.7. The van der Waals surface area contributed by atoms with Gasteiger partial charge in [0.2, 0.25) is 5.91 Å². The number of benzene rings is 2. The van der Waals surface area contributed by atoms with E-state index in [0.29, 0.717) is 38.5 Å². The number of carbonyl (C=O) groups is 1. The maximum Gasteiger partial charge on any atom is 0.236 e. The smallest absolute Gasteiger partial charge is 0.236 e. The molecule has 2 heterocycles. The average molecular weight is 547 g/mol. The van der Waals surface area contributed by atoms with Gasteiger partial charge in [0.15, 0.2) is 16.1 Å². The van der Waals surface area contributed by atoms with Crippen LogP contribution in [0.3, 0.4) is 0 Å². The number of thiazole rings is 1. The van der Waals surface area contributed by atoms with E-state index in [9.17, 15) is 4.79 Å². The number of nitrogens with zero attached hydrogens (tertiary/aromatic N) is 4. The molecule has 0 unspecified atom stereocenters. The molecule has 0 saturated heterocycles. The molecule has 4 rings (SSSR count). The fourth-order valence-electron chi connectivity index (χ4n) is 3.05. The Balaban J connectivity index is 1.36. The lowest BCUT2D eigenvalue weighted by Gasteiger charge is -2.10. The molecule has 35 heavy (non-hydrogen) atoms. The summed E-state index contributed by atoms with van der Waals surface area (Å²) in [6, 6.07) is 13.1. The Morgan fingerprint density at radius 2 is 2.03 bits per heavy atom. The molecular weight excluding hydrogens is 525 g/mol. The number of amides is 1. The molecule has 0 aliphatic rings. The summed E-state index contributed by atoms with van der Waals surface area (Å²) in [5.41, 5.74) is 3.02. The first-order chi connectivity index (χ1) is 16.9. The molecule has 11 heteroatoms. The zero-order valence-corrected chi connectivity index (χ0v) is 21.8. The van der Waals surface area contributed by atoms with Crippen molar-refractivity contribution in [2.45, 2.75) is 25.2 Å². The summed E-state index contributed by atoms with van der Waals surface area (Å²) in [4.78, 5) is 17.1. The average Bonchev–Trinajstić information content (AvgIpc) is 3.46. The Hall–Kier alpha value is -2.85. The van der Waals surface area contributed by atoms with Crippen LogP contribution in [-0.2, 0) is 17.9 Å². The van der Waals surface area contributed by atoms with Gasteiger partial charge in [-0.05, 0) is 19.1 Å². The van der Waals surface area contributed by atoms with Gasteiger partial charge in [0, 0.05) is 28.6 Å². The van der Waals surface area contributed by atoms with Crippen molar-refractivity contribution in [1.29, 1.82) is 0 Å². The molecule has 0 saturated carbocycles. The van der Waals surface area contributed by atoms with Crippen molar-refractivity contribution in [2.24, 2.45) is 0 Å². The highest BCUT2D eigenvalue weighted by Gasteiger charge is 2.16. The van der Waals surface area contributed by atoms with Gasteiger partial charge in [-0.15, -0.1) is 28.1 Å². The lowest BCUT2D eigenvalue weighted by Crippen LogP contribution is -2.15. The van der Waals surface area contributed by atoms with Gasteiger partial charge in [-0.3, -0.25) is 9.36 Å². The highest BCUT2D eigenvalue weighted by Crippen LogP contribution is 2.29. The second-order valence-electron chi connectivity index (χ2n) is 7.40. The molecule has 0 radical (unpaired) electrons. The largest absolute Gasteiger partial charge is 0.484 e. The minimum Gasteiger partial charge on any atom is -0.484 e. The number of thioether (sulfide) groups is 1.